The van der Waals surface area contributed by atoms with Crippen LogP contribution in [0.1, 0.15) is 84.8 Å². The van der Waals surface area contributed by atoms with Crippen molar-refractivity contribution in [3.05, 3.63) is 167 Å². The van der Waals surface area contributed by atoms with Crippen LogP contribution in [-0.2, 0) is 9.59 Å². The molecule has 0 bridgehead atoms. The van der Waals surface area contributed by atoms with Crippen LogP contribution in [0.5, 0.6) is 11.5 Å². The van der Waals surface area contributed by atoms with Crippen LogP contribution in [0.2, 0.25) is 0 Å². The summed E-state index contributed by atoms with van der Waals surface area (Å²) in [5, 5.41) is 6.39. The Kier molecular flexibility index (Phi) is 13.0. The van der Waals surface area contributed by atoms with Crippen LogP contribution < -0.4 is 20.1 Å². The Morgan fingerprint density at radius 3 is 1.37 bits per heavy atom. The molecule has 0 saturated carbocycles. The molecule has 5 aromatic rings. The predicted molar refractivity (Wildman–Crippen MR) is 196 cm³/mol. The maximum absolute atomic E-state index is 14.4. The Labute approximate surface area is 290 Å². The maximum Gasteiger partial charge on any atom is 0.233 e. The van der Waals surface area contributed by atoms with Crippen molar-refractivity contribution in [3.8, 4) is 11.5 Å². The van der Waals surface area contributed by atoms with Crippen molar-refractivity contribution >= 4 is 11.8 Å². The Bertz CT molecular complexity index is 1550. The van der Waals surface area contributed by atoms with E-state index in [9.17, 15) is 9.59 Å². The highest BCUT2D eigenvalue weighted by molar-refractivity contribution is 5.90. The van der Waals surface area contributed by atoms with Crippen LogP contribution >= 0.6 is 0 Å². The van der Waals surface area contributed by atoms with Crippen LogP contribution in [-0.4, -0.2) is 25.5 Å². The monoisotopic (exact) mass is 654 g/mol. The number of benzene rings is 5. The Morgan fingerprint density at radius 2 is 0.959 bits per heavy atom. The summed E-state index contributed by atoms with van der Waals surface area (Å²) in [5.41, 5.74) is 4.06. The highest BCUT2D eigenvalue weighted by atomic mass is 16.5. The molecule has 2 N–H and O–H groups in total. The molecule has 0 aliphatic rings. The van der Waals surface area contributed by atoms with E-state index in [1.54, 1.807) is 7.11 Å². The molecule has 0 aliphatic carbocycles. The molecule has 6 nitrogen and oxygen atoms in total. The third kappa shape index (κ3) is 9.60. The minimum atomic E-state index is -0.873. The Hall–Kier alpha value is -5.36. The number of carbonyl (C=O) groups excluding carboxylic acids is 2. The number of amides is 2. The van der Waals surface area contributed by atoms with Crippen molar-refractivity contribution in [1.29, 1.82) is 0 Å². The molecule has 2 amide bonds. The smallest absolute Gasteiger partial charge is 0.233 e. The molecule has 0 spiro atoms. The average molecular weight is 655 g/mol. The fourth-order valence-corrected chi connectivity index (χ4v) is 6.10. The van der Waals surface area contributed by atoms with Crippen LogP contribution in [0.15, 0.2) is 140 Å². The minimum absolute atomic E-state index is 0.245. The van der Waals surface area contributed by atoms with Gasteiger partial charge in [-0.1, -0.05) is 160 Å². The summed E-state index contributed by atoms with van der Waals surface area (Å²) in [5.74, 6) is -0.535. The first kappa shape index (κ1) is 35.0. The molecule has 0 aliphatic heterocycles. The third-order valence-corrected chi connectivity index (χ3v) is 8.66. The zero-order valence-corrected chi connectivity index (χ0v) is 28.4. The van der Waals surface area contributed by atoms with Gasteiger partial charge in [-0.25, -0.2) is 0 Å². The zero-order chi connectivity index (χ0) is 34.3. The molecular formula is C43H46N2O4. The van der Waals surface area contributed by atoms with Gasteiger partial charge in [-0.15, -0.1) is 0 Å². The molecule has 6 heteroatoms. The SMILES string of the molecule is CCCCCCCOc1ccc(C(NC(=O)C(c2ccccc2)c2ccccc2)NC(=O)C(c2ccccc2)c2ccccc2)cc1OC. The number of hydrogen-bond acceptors (Lipinski definition) is 4. The third-order valence-electron chi connectivity index (χ3n) is 8.66. The van der Waals surface area contributed by atoms with Gasteiger partial charge < -0.3 is 20.1 Å². The van der Waals surface area contributed by atoms with Gasteiger partial charge in [0.1, 0.15) is 6.17 Å². The molecule has 0 aromatic heterocycles. The van der Waals surface area contributed by atoms with Gasteiger partial charge in [0.25, 0.3) is 0 Å². The lowest BCUT2D eigenvalue weighted by atomic mass is 9.89. The number of methoxy groups -OCH3 is 1. The van der Waals surface area contributed by atoms with E-state index in [1.165, 1.54) is 19.3 Å². The fourth-order valence-electron chi connectivity index (χ4n) is 6.10. The lowest BCUT2D eigenvalue weighted by Gasteiger charge is -2.27. The molecule has 0 unspecified atom stereocenters. The molecule has 0 saturated heterocycles. The van der Waals surface area contributed by atoms with Crippen LogP contribution in [0.4, 0.5) is 0 Å². The first-order chi connectivity index (χ1) is 24.1. The summed E-state index contributed by atoms with van der Waals surface area (Å²) in [6, 6.07) is 44.3. The summed E-state index contributed by atoms with van der Waals surface area (Å²) in [6.07, 6.45) is 4.81. The molecular weight excluding hydrogens is 608 g/mol. The topological polar surface area (TPSA) is 76.7 Å². The lowest BCUT2D eigenvalue weighted by Crippen LogP contribution is -2.44. The standard InChI is InChI=1S/C43H46N2O4/c1-3-4-5-6-19-30-49-37-29-28-36(31-38(37)48-2)41(44-42(46)39(32-20-11-7-12-21-32)33-22-13-8-14-23-33)45-43(47)40(34-24-15-9-16-25-34)35-26-17-10-18-27-35/h7-18,20-29,31,39-41H,3-6,19,30H2,1-2H3,(H,44,46)(H,45,47). The molecule has 0 radical (unpaired) electrons. The zero-order valence-electron chi connectivity index (χ0n) is 28.4. The van der Waals surface area contributed by atoms with E-state index in [4.69, 9.17) is 9.47 Å². The summed E-state index contributed by atoms with van der Waals surface area (Å²) in [4.78, 5) is 28.7. The van der Waals surface area contributed by atoms with E-state index in [-0.39, 0.29) is 11.8 Å². The lowest BCUT2D eigenvalue weighted by molar-refractivity contribution is -0.125. The first-order valence-corrected chi connectivity index (χ1v) is 17.2. The second-order valence-corrected chi connectivity index (χ2v) is 12.1. The number of rotatable bonds is 17. The summed E-state index contributed by atoms with van der Waals surface area (Å²) in [7, 11) is 1.60. The predicted octanol–water partition coefficient (Wildman–Crippen LogP) is 8.94. The van der Waals surface area contributed by atoms with Crippen LogP contribution in [0.25, 0.3) is 0 Å². The molecule has 0 atom stereocenters. The Balaban J connectivity index is 1.48. The van der Waals surface area contributed by atoms with Gasteiger partial charge in [-0.3, -0.25) is 9.59 Å². The largest absolute Gasteiger partial charge is 0.493 e. The second-order valence-electron chi connectivity index (χ2n) is 12.1. The van der Waals surface area contributed by atoms with Crippen molar-refractivity contribution in [2.24, 2.45) is 0 Å². The maximum atomic E-state index is 14.4. The fraction of sp³-hybridized carbons (Fsp3) is 0.256. The quantitative estimate of drug-likeness (QED) is 0.0776. The van der Waals surface area contributed by atoms with E-state index in [1.807, 2.05) is 140 Å². The van der Waals surface area contributed by atoms with Crippen molar-refractivity contribution in [3.63, 3.8) is 0 Å². The van der Waals surface area contributed by atoms with Crippen LogP contribution in [0, 0.1) is 0 Å². The van der Waals surface area contributed by atoms with Gasteiger partial charge >= 0.3 is 0 Å². The molecule has 5 aromatic carbocycles. The van der Waals surface area contributed by atoms with Gasteiger partial charge in [0.15, 0.2) is 11.5 Å². The highest BCUT2D eigenvalue weighted by Crippen LogP contribution is 2.33. The Morgan fingerprint density at radius 1 is 0.531 bits per heavy atom. The number of carbonyl (C=O) groups is 2. The molecule has 252 valence electrons. The summed E-state index contributed by atoms with van der Waals surface area (Å²) >= 11 is 0. The van der Waals surface area contributed by atoms with E-state index in [0.29, 0.717) is 23.7 Å². The first-order valence-electron chi connectivity index (χ1n) is 17.2. The summed E-state index contributed by atoms with van der Waals surface area (Å²) in [6.45, 7) is 2.79. The van der Waals surface area contributed by atoms with Crippen molar-refractivity contribution in [1.82, 2.24) is 10.6 Å². The van der Waals surface area contributed by atoms with Gasteiger partial charge in [0.2, 0.25) is 11.8 Å². The van der Waals surface area contributed by atoms with Crippen molar-refractivity contribution < 1.29 is 19.1 Å². The van der Waals surface area contributed by atoms with E-state index in [2.05, 4.69) is 17.6 Å². The van der Waals surface area contributed by atoms with Gasteiger partial charge in [-0.2, -0.15) is 0 Å². The van der Waals surface area contributed by atoms with Gasteiger partial charge in [0.05, 0.1) is 25.6 Å². The second kappa shape index (κ2) is 18.3. The molecule has 5 rings (SSSR count). The number of unbranched alkanes of at least 4 members (excludes halogenated alkanes) is 4. The normalized spacial score (nSPS) is 11.0. The van der Waals surface area contributed by atoms with Gasteiger partial charge in [-0.05, 0) is 46.4 Å². The molecule has 49 heavy (non-hydrogen) atoms. The number of ether oxygens (including phenoxy) is 2. The number of nitrogens with one attached hydrogen (secondary N) is 2. The minimum Gasteiger partial charge on any atom is -0.493 e. The molecule has 0 fully saturated rings. The number of hydrogen-bond donors (Lipinski definition) is 2. The van der Waals surface area contributed by atoms with E-state index < -0.39 is 18.0 Å². The van der Waals surface area contributed by atoms with E-state index in [0.717, 1.165) is 35.1 Å². The van der Waals surface area contributed by atoms with Gasteiger partial charge in [0, 0.05) is 0 Å². The van der Waals surface area contributed by atoms with Crippen LogP contribution in [0.3, 0.4) is 0 Å². The average Bonchev–Trinajstić information content (AvgIpc) is 3.15. The molecule has 0 heterocycles. The van der Waals surface area contributed by atoms with Crippen molar-refractivity contribution in [2.75, 3.05) is 13.7 Å². The van der Waals surface area contributed by atoms with Crippen molar-refractivity contribution in [2.45, 2.75) is 57.0 Å². The van der Waals surface area contributed by atoms with E-state index >= 15 is 0 Å². The summed E-state index contributed by atoms with van der Waals surface area (Å²) < 4.78 is 11.9. The highest BCUT2D eigenvalue weighted by Gasteiger charge is 2.30.